The Bertz CT molecular complexity index is 1580. The molecule has 1 heterocycles. The highest BCUT2D eigenvalue weighted by Gasteiger charge is 2.13. The summed E-state index contributed by atoms with van der Waals surface area (Å²) in [6, 6.07) is 28.0. The smallest absolute Gasteiger partial charge is 0.281 e. The third-order valence-corrected chi connectivity index (χ3v) is 6.53. The summed E-state index contributed by atoms with van der Waals surface area (Å²) in [7, 11) is 0. The number of nitrogens with one attached hydrogen (secondary N) is 1. The minimum absolute atomic E-state index is 0.00929. The van der Waals surface area contributed by atoms with Crippen LogP contribution in [-0.2, 0) is 6.61 Å². The summed E-state index contributed by atoms with van der Waals surface area (Å²) in [5.74, 6) is 0.360. The number of fused-ring (bicyclic) bond motifs is 2. The van der Waals surface area contributed by atoms with E-state index < -0.39 is 4.92 Å². The Kier molecular flexibility index (Phi) is 6.19. The molecule has 0 saturated carbocycles. The number of nitro groups is 1. The Morgan fingerprint density at radius 3 is 2.54 bits per heavy atom. The molecule has 5 aromatic rings. The normalized spacial score (nSPS) is 11.2. The van der Waals surface area contributed by atoms with E-state index in [4.69, 9.17) is 4.74 Å². The number of carbonyl (C=O) groups excluding carboxylic acids is 1. The van der Waals surface area contributed by atoms with Gasteiger partial charge in [-0.2, -0.15) is 5.10 Å². The third kappa shape index (κ3) is 5.18. The number of hydrogen-bond acceptors (Lipinski definition) is 6. The van der Waals surface area contributed by atoms with Crippen molar-refractivity contribution in [3.8, 4) is 5.75 Å². The highest BCUT2D eigenvalue weighted by atomic mass is 32.1. The number of nitrogens with zero attached hydrogens (tertiary/aromatic N) is 2. The maximum atomic E-state index is 12.4. The predicted octanol–water partition coefficient (Wildman–Crippen LogP) is 6.31. The van der Waals surface area contributed by atoms with Crippen molar-refractivity contribution in [2.75, 3.05) is 0 Å². The highest BCUT2D eigenvalue weighted by Crippen LogP contribution is 2.29. The van der Waals surface area contributed by atoms with Crippen molar-refractivity contribution in [2.45, 2.75) is 6.61 Å². The fraction of sp³-hybridized carbons (Fsp3) is 0.0370. The van der Waals surface area contributed by atoms with Gasteiger partial charge in [-0.05, 0) is 64.4 Å². The standard InChI is InChI=1S/C27H19N3O4S/c31-27(26-15-22-14-23(30(32)33)9-12-25(22)35-26)29-28-16-18-6-10-24(11-7-18)34-17-19-5-8-20-3-1-2-4-21(20)13-19/h1-16H,17H2,(H,29,31). The van der Waals surface area contributed by atoms with Crippen LogP contribution < -0.4 is 10.2 Å². The number of amides is 1. The van der Waals surface area contributed by atoms with Gasteiger partial charge in [0, 0.05) is 22.2 Å². The van der Waals surface area contributed by atoms with Crippen LogP contribution in [0.3, 0.4) is 0 Å². The molecule has 0 aliphatic rings. The number of non-ortho nitro benzene ring substituents is 1. The third-order valence-electron chi connectivity index (χ3n) is 5.41. The first-order chi connectivity index (χ1) is 17.0. The van der Waals surface area contributed by atoms with E-state index in [1.165, 1.54) is 34.2 Å². The maximum Gasteiger partial charge on any atom is 0.281 e. The molecule has 0 saturated heterocycles. The van der Waals surface area contributed by atoms with Crippen molar-refractivity contribution in [1.82, 2.24) is 5.43 Å². The second-order valence-corrected chi connectivity index (χ2v) is 8.91. The molecule has 8 heteroatoms. The first kappa shape index (κ1) is 22.2. The quantitative estimate of drug-likeness (QED) is 0.168. The summed E-state index contributed by atoms with van der Waals surface area (Å²) in [5.41, 5.74) is 4.38. The molecule has 0 radical (unpaired) electrons. The number of rotatable bonds is 7. The Labute approximate surface area is 204 Å². The zero-order valence-corrected chi connectivity index (χ0v) is 19.2. The van der Waals surface area contributed by atoms with Gasteiger partial charge in [0.1, 0.15) is 12.4 Å². The van der Waals surface area contributed by atoms with Crippen molar-refractivity contribution >= 4 is 50.0 Å². The average molecular weight is 482 g/mol. The maximum absolute atomic E-state index is 12.4. The van der Waals surface area contributed by atoms with Crippen LogP contribution in [0.5, 0.6) is 5.75 Å². The molecule has 0 fully saturated rings. The number of carbonyl (C=O) groups is 1. The number of nitro benzene ring substituents is 1. The minimum atomic E-state index is -0.457. The SMILES string of the molecule is O=C(NN=Cc1ccc(OCc2ccc3ccccc3c2)cc1)c1cc2cc([N+](=O)[O-])ccc2s1. The first-order valence-electron chi connectivity index (χ1n) is 10.8. The van der Waals surface area contributed by atoms with E-state index in [9.17, 15) is 14.9 Å². The van der Waals surface area contributed by atoms with E-state index in [-0.39, 0.29) is 11.6 Å². The fourth-order valence-corrected chi connectivity index (χ4v) is 4.56. The van der Waals surface area contributed by atoms with Gasteiger partial charge in [0.15, 0.2) is 0 Å². The van der Waals surface area contributed by atoms with Gasteiger partial charge in [0.05, 0.1) is 16.0 Å². The Morgan fingerprint density at radius 2 is 1.74 bits per heavy atom. The molecular formula is C27H19N3O4S. The number of benzene rings is 4. The number of ether oxygens (including phenoxy) is 1. The van der Waals surface area contributed by atoms with Crippen molar-refractivity contribution in [2.24, 2.45) is 5.10 Å². The van der Waals surface area contributed by atoms with Gasteiger partial charge in [-0.3, -0.25) is 14.9 Å². The van der Waals surface area contributed by atoms with Crippen LogP contribution in [0.15, 0.2) is 96.1 Å². The minimum Gasteiger partial charge on any atom is -0.489 e. The van der Waals surface area contributed by atoms with Crippen LogP contribution in [-0.4, -0.2) is 17.0 Å². The Morgan fingerprint density at radius 1 is 0.943 bits per heavy atom. The van der Waals surface area contributed by atoms with Crippen LogP contribution in [0.4, 0.5) is 5.69 Å². The molecule has 7 nitrogen and oxygen atoms in total. The Hall–Kier alpha value is -4.56. The van der Waals surface area contributed by atoms with E-state index in [0.717, 1.165) is 21.6 Å². The Balaban J connectivity index is 1.17. The molecule has 0 aliphatic heterocycles. The van der Waals surface area contributed by atoms with Crippen LogP contribution in [0.2, 0.25) is 0 Å². The molecule has 0 unspecified atom stereocenters. The van der Waals surface area contributed by atoms with Gasteiger partial charge in [0.25, 0.3) is 11.6 Å². The lowest BCUT2D eigenvalue weighted by molar-refractivity contribution is -0.384. The molecule has 0 spiro atoms. The van der Waals surface area contributed by atoms with Crippen LogP contribution in [0.25, 0.3) is 20.9 Å². The zero-order valence-electron chi connectivity index (χ0n) is 18.4. The summed E-state index contributed by atoms with van der Waals surface area (Å²) < 4.78 is 6.69. The second kappa shape index (κ2) is 9.74. The number of hydrazone groups is 1. The lowest BCUT2D eigenvalue weighted by atomic mass is 10.1. The molecule has 1 amide bonds. The fourth-order valence-electron chi connectivity index (χ4n) is 3.62. The summed E-state index contributed by atoms with van der Waals surface area (Å²) >= 11 is 1.25. The van der Waals surface area contributed by atoms with Crippen LogP contribution in [0.1, 0.15) is 20.8 Å². The van der Waals surface area contributed by atoms with Gasteiger partial charge >= 0.3 is 0 Å². The van der Waals surface area contributed by atoms with Crippen molar-refractivity contribution in [1.29, 1.82) is 0 Å². The van der Waals surface area contributed by atoms with E-state index >= 15 is 0 Å². The summed E-state index contributed by atoms with van der Waals surface area (Å²) in [4.78, 5) is 23.3. The molecule has 1 N–H and O–H groups in total. The number of hydrogen-bond donors (Lipinski definition) is 1. The largest absolute Gasteiger partial charge is 0.489 e. The van der Waals surface area contributed by atoms with Gasteiger partial charge in [-0.1, -0.05) is 36.4 Å². The molecule has 172 valence electrons. The van der Waals surface area contributed by atoms with E-state index in [1.54, 1.807) is 18.3 Å². The average Bonchev–Trinajstić information content (AvgIpc) is 3.32. The van der Waals surface area contributed by atoms with E-state index in [1.807, 2.05) is 36.4 Å². The lowest BCUT2D eigenvalue weighted by Crippen LogP contribution is -2.16. The summed E-state index contributed by atoms with van der Waals surface area (Å²) in [6.07, 6.45) is 1.54. The monoisotopic (exact) mass is 481 g/mol. The van der Waals surface area contributed by atoms with Gasteiger partial charge in [-0.15, -0.1) is 11.3 Å². The molecule has 0 bridgehead atoms. The van der Waals surface area contributed by atoms with Crippen molar-refractivity contribution in [3.63, 3.8) is 0 Å². The summed E-state index contributed by atoms with van der Waals surface area (Å²) in [5, 5.41) is 18.0. The second-order valence-electron chi connectivity index (χ2n) is 7.83. The first-order valence-corrected chi connectivity index (χ1v) is 11.6. The number of thiophene rings is 1. The zero-order chi connectivity index (χ0) is 24.2. The lowest BCUT2D eigenvalue weighted by Gasteiger charge is -2.07. The van der Waals surface area contributed by atoms with Crippen molar-refractivity contribution < 1.29 is 14.5 Å². The van der Waals surface area contributed by atoms with Crippen molar-refractivity contribution in [3.05, 3.63) is 117 Å². The summed E-state index contributed by atoms with van der Waals surface area (Å²) in [6.45, 7) is 0.465. The predicted molar refractivity (Wildman–Crippen MR) is 138 cm³/mol. The molecule has 5 rings (SSSR count). The highest BCUT2D eigenvalue weighted by molar-refractivity contribution is 7.20. The van der Waals surface area contributed by atoms with E-state index in [0.29, 0.717) is 16.9 Å². The van der Waals surface area contributed by atoms with Gasteiger partial charge in [-0.25, -0.2) is 5.43 Å². The van der Waals surface area contributed by atoms with Gasteiger partial charge in [0.2, 0.25) is 0 Å². The van der Waals surface area contributed by atoms with Crippen LogP contribution in [0, 0.1) is 10.1 Å². The molecule has 0 aliphatic carbocycles. The van der Waals surface area contributed by atoms with Crippen LogP contribution >= 0.6 is 11.3 Å². The van der Waals surface area contributed by atoms with E-state index in [2.05, 4.69) is 40.9 Å². The molecule has 35 heavy (non-hydrogen) atoms. The topological polar surface area (TPSA) is 93.8 Å². The molecule has 0 atom stereocenters. The molecular weight excluding hydrogens is 462 g/mol. The molecule has 4 aromatic carbocycles. The van der Waals surface area contributed by atoms with Gasteiger partial charge < -0.3 is 4.74 Å². The molecule has 1 aromatic heterocycles.